The molecule has 1 fully saturated rings. The fraction of sp³-hybridized carbons (Fsp3) is 0.400. The lowest BCUT2D eigenvalue weighted by Gasteiger charge is -2.27. The second kappa shape index (κ2) is 6.43. The van der Waals surface area contributed by atoms with Crippen molar-refractivity contribution in [1.82, 2.24) is 4.90 Å². The number of likely N-dealkylation sites (tertiary alicyclic amines) is 1. The number of carbonyl (C=O) groups is 1. The van der Waals surface area contributed by atoms with Crippen molar-refractivity contribution < 1.29 is 9.72 Å². The molecule has 2 rings (SSSR count). The Kier molecular flexibility index (Phi) is 4.63. The van der Waals surface area contributed by atoms with Gasteiger partial charge in [0.1, 0.15) is 0 Å². The molecule has 0 aromatic heterocycles. The first kappa shape index (κ1) is 14.4. The first-order valence-electron chi connectivity index (χ1n) is 6.80. The van der Waals surface area contributed by atoms with Gasteiger partial charge in [-0.1, -0.05) is 19.1 Å². The fourth-order valence-corrected chi connectivity index (χ4v) is 2.39. The van der Waals surface area contributed by atoms with Gasteiger partial charge in [0.15, 0.2) is 5.78 Å². The zero-order valence-corrected chi connectivity index (χ0v) is 11.5. The maximum atomic E-state index is 11.9. The van der Waals surface area contributed by atoms with Crippen LogP contribution in [0.3, 0.4) is 0 Å². The third-order valence-electron chi connectivity index (χ3n) is 3.37. The molecule has 5 heteroatoms. The third kappa shape index (κ3) is 3.51. The molecule has 1 aromatic rings. The number of rotatable bonds is 4. The Morgan fingerprint density at radius 3 is 2.95 bits per heavy atom. The predicted molar refractivity (Wildman–Crippen MR) is 77.4 cm³/mol. The summed E-state index contributed by atoms with van der Waals surface area (Å²) < 4.78 is 0. The molecule has 5 nitrogen and oxygen atoms in total. The lowest BCUT2D eigenvalue weighted by molar-refractivity contribution is -0.384. The lowest BCUT2D eigenvalue weighted by atomic mass is 10.00. The number of piperidine rings is 1. The first-order valence-corrected chi connectivity index (χ1v) is 6.80. The smallest absolute Gasteiger partial charge is 0.270 e. The number of non-ortho nitro benzene ring substituents is 1. The lowest BCUT2D eigenvalue weighted by Crippen LogP contribution is -2.36. The molecule has 0 N–H and O–H groups in total. The van der Waals surface area contributed by atoms with Gasteiger partial charge in [-0.3, -0.25) is 19.8 Å². The average Bonchev–Trinajstić information content (AvgIpc) is 2.43. The molecular weight excluding hydrogens is 256 g/mol. The number of hydrogen-bond acceptors (Lipinski definition) is 4. The molecular formula is C15H18N2O3. The van der Waals surface area contributed by atoms with Crippen molar-refractivity contribution in [1.29, 1.82) is 0 Å². The van der Waals surface area contributed by atoms with Gasteiger partial charge in [0.25, 0.3) is 5.69 Å². The van der Waals surface area contributed by atoms with Crippen LogP contribution in [0, 0.1) is 10.1 Å². The Balaban J connectivity index is 2.21. The molecule has 1 heterocycles. The van der Waals surface area contributed by atoms with E-state index in [1.165, 1.54) is 12.1 Å². The molecule has 0 amide bonds. The molecule has 1 saturated heterocycles. The van der Waals surface area contributed by atoms with Crippen LogP contribution in [0.2, 0.25) is 0 Å². The van der Waals surface area contributed by atoms with Gasteiger partial charge in [-0.25, -0.2) is 0 Å². The van der Waals surface area contributed by atoms with Crippen molar-refractivity contribution in [2.45, 2.75) is 19.8 Å². The van der Waals surface area contributed by atoms with Crippen molar-refractivity contribution >= 4 is 17.5 Å². The maximum absolute atomic E-state index is 11.9. The van der Waals surface area contributed by atoms with Crippen LogP contribution in [0.15, 0.2) is 29.8 Å². The zero-order valence-electron chi connectivity index (χ0n) is 11.5. The highest BCUT2D eigenvalue weighted by molar-refractivity contribution is 6.00. The number of Topliss-reactive ketones (excluding diaryl/α,β-unsaturated/α-hetero) is 1. The molecule has 1 aliphatic rings. The van der Waals surface area contributed by atoms with Crippen LogP contribution >= 0.6 is 0 Å². The van der Waals surface area contributed by atoms with Crippen molar-refractivity contribution in [3.05, 3.63) is 45.5 Å². The summed E-state index contributed by atoms with van der Waals surface area (Å²) in [4.78, 5) is 24.5. The fourth-order valence-electron chi connectivity index (χ4n) is 2.39. The predicted octanol–water partition coefficient (Wildman–Crippen LogP) is 2.66. The Bertz CT molecular complexity index is 552. The Morgan fingerprint density at radius 1 is 1.45 bits per heavy atom. The van der Waals surface area contributed by atoms with E-state index in [-0.39, 0.29) is 11.5 Å². The highest BCUT2D eigenvalue weighted by Crippen LogP contribution is 2.19. The summed E-state index contributed by atoms with van der Waals surface area (Å²) >= 11 is 0. The van der Waals surface area contributed by atoms with E-state index < -0.39 is 4.92 Å². The normalized spacial score (nSPS) is 18.4. The molecule has 106 valence electrons. The summed E-state index contributed by atoms with van der Waals surface area (Å²) in [5, 5.41) is 10.8. The van der Waals surface area contributed by atoms with Gasteiger partial charge >= 0.3 is 0 Å². The number of nitro benzene ring substituents is 1. The van der Waals surface area contributed by atoms with Crippen LogP contribution in [-0.2, 0) is 4.79 Å². The van der Waals surface area contributed by atoms with E-state index >= 15 is 0 Å². The Morgan fingerprint density at radius 2 is 2.25 bits per heavy atom. The van der Waals surface area contributed by atoms with Crippen molar-refractivity contribution in [2.75, 3.05) is 19.6 Å². The van der Waals surface area contributed by atoms with E-state index in [0.717, 1.165) is 25.1 Å². The summed E-state index contributed by atoms with van der Waals surface area (Å²) in [5.74, 6) is 0.142. The first-order chi connectivity index (χ1) is 9.60. The summed E-state index contributed by atoms with van der Waals surface area (Å²) in [6.07, 6.45) is 3.36. The van der Waals surface area contributed by atoms with E-state index in [9.17, 15) is 14.9 Å². The average molecular weight is 274 g/mol. The van der Waals surface area contributed by atoms with Gasteiger partial charge in [-0.2, -0.15) is 0 Å². The van der Waals surface area contributed by atoms with Gasteiger partial charge in [0, 0.05) is 37.2 Å². The minimum atomic E-state index is -0.423. The summed E-state index contributed by atoms with van der Waals surface area (Å²) in [7, 11) is 0. The van der Waals surface area contributed by atoms with E-state index in [2.05, 4.69) is 11.8 Å². The highest BCUT2D eigenvalue weighted by atomic mass is 16.6. The number of nitrogens with zero attached hydrogens (tertiary/aromatic N) is 2. The number of hydrogen-bond donors (Lipinski definition) is 0. The van der Waals surface area contributed by atoms with Crippen molar-refractivity contribution in [2.24, 2.45) is 0 Å². The third-order valence-corrected chi connectivity index (χ3v) is 3.37. The molecule has 0 bridgehead atoms. The van der Waals surface area contributed by atoms with Crippen molar-refractivity contribution in [3.63, 3.8) is 0 Å². The quantitative estimate of drug-likeness (QED) is 0.481. The second-order valence-corrected chi connectivity index (χ2v) is 4.97. The van der Waals surface area contributed by atoms with Gasteiger partial charge < -0.3 is 0 Å². The molecule has 1 aliphatic heterocycles. The second-order valence-electron chi connectivity index (χ2n) is 4.97. The summed E-state index contributed by atoms with van der Waals surface area (Å²) in [5.41, 5.74) is 1.50. The maximum Gasteiger partial charge on any atom is 0.270 e. The number of nitro groups is 1. The monoisotopic (exact) mass is 274 g/mol. The Labute approximate surface area is 118 Å². The van der Waals surface area contributed by atoms with Gasteiger partial charge in [0.2, 0.25) is 0 Å². The van der Waals surface area contributed by atoms with Crippen LogP contribution in [0.4, 0.5) is 5.69 Å². The molecule has 20 heavy (non-hydrogen) atoms. The SMILES string of the molecule is CCCN1CCC(=O)/C(=C/c2cccc([N+](=O)[O-])c2)C1. The molecule has 0 unspecified atom stereocenters. The highest BCUT2D eigenvalue weighted by Gasteiger charge is 2.20. The molecule has 0 spiro atoms. The van der Waals surface area contributed by atoms with E-state index in [4.69, 9.17) is 0 Å². The van der Waals surface area contributed by atoms with Gasteiger partial charge in [-0.05, 0) is 24.6 Å². The summed E-state index contributed by atoms with van der Waals surface area (Å²) in [6, 6.07) is 6.38. The standard InChI is InChI=1S/C15H18N2O3/c1-2-7-16-8-6-15(18)13(11-16)9-12-4-3-5-14(10-12)17(19)20/h3-5,9-10H,2,6-8,11H2,1H3/b13-9+. The molecule has 0 aliphatic carbocycles. The van der Waals surface area contributed by atoms with Crippen LogP contribution in [0.5, 0.6) is 0 Å². The minimum Gasteiger partial charge on any atom is -0.299 e. The molecule has 0 saturated carbocycles. The topological polar surface area (TPSA) is 63.5 Å². The number of ketones is 1. The molecule has 0 atom stereocenters. The largest absolute Gasteiger partial charge is 0.299 e. The molecule has 0 radical (unpaired) electrons. The van der Waals surface area contributed by atoms with E-state index in [1.807, 2.05) is 0 Å². The molecule has 1 aromatic carbocycles. The van der Waals surface area contributed by atoms with Crippen LogP contribution in [0.25, 0.3) is 6.08 Å². The van der Waals surface area contributed by atoms with Crippen LogP contribution < -0.4 is 0 Å². The Hall–Kier alpha value is -2.01. The minimum absolute atomic E-state index is 0.0491. The van der Waals surface area contributed by atoms with E-state index in [0.29, 0.717) is 18.5 Å². The van der Waals surface area contributed by atoms with Crippen LogP contribution in [-0.4, -0.2) is 35.2 Å². The van der Waals surface area contributed by atoms with Crippen molar-refractivity contribution in [3.8, 4) is 0 Å². The number of benzene rings is 1. The zero-order chi connectivity index (χ0) is 14.5. The number of carbonyl (C=O) groups excluding carboxylic acids is 1. The summed E-state index contributed by atoms with van der Waals surface area (Å²) in [6.45, 7) is 4.52. The van der Waals surface area contributed by atoms with E-state index in [1.54, 1.807) is 18.2 Å². The van der Waals surface area contributed by atoms with Crippen LogP contribution in [0.1, 0.15) is 25.3 Å². The van der Waals surface area contributed by atoms with Gasteiger partial charge in [-0.15, -0.1) is 0 Å². The van der Waals surface area contributed by atoms with Gasteiger partial charge in [0.05, 0.1) is 4.92 Å².